The van der Waals surface area contributed by atoms with Crippen molar-refractivity contribution in [1.82, 2.24) is 9.80 Å². The molecule has 2 atom stereocenters. The van der Waals surface area contributed by atoms with E-state index >= 15 is 0 Å². The van der Waals surface area contributed by atoms with Crippen molar-refractivity contribution in [2.75, 3.05) is 45.2 Å². The number of carbonyl (C=O) groups is 1. The fourth-order valence-electron chi connectivity index (χ4n) is 4.49. The number of piperazine rings is 1. The maximum absolute atomic E-state index is 13.1. The molecular weight excluding hydrogens is 386 g/mol. The van der Waals surface area contributed by atoms with Gasteiger partial charge in [0.15, 0.2) is 5.78 Å². The first-order valence-electron chi connectivity index (χ1n) is 10.2. The highest BCUT2D eigenvalue weighted by Crippen LogP contribution is 2.36. The minimum Gasteiger partial charge on any atom is -0.496 e. The van der Waals surface area contributed by atoms with E-state index in [9.17, 15) is 4.79 Å². The van der Waals surface area contributed by atoms with Crippen LogP contribution in [0, 0.1) is 0 Å². The topological polar surface area (TPSA) is 44.8 Å². The molecule has 1 fully saturated rings. The molecule has 1 saturated heterocycles. The molecule has 2 unspecified atom stereocenters. The zero-order chi connectivity index (χ0) is 20.4. The highest BCUT2D eigenvalue weighted by molar-refractivity contribution is 6.30. The largest absolute Gasteiger partial charge is 0.496 e. The number of methoxy groups -OCH3 is 1. The number of ketones is 1. The molecule has 2 aliphatic rings. The van der Waals surface area contributed by atoms with Crippen molar-refractivity contribution >= 4 is 23.1 Å². The molecule has 6 heteroatoms. The van der Waals surface area contributed by atoms with Crippen LogP contribution in [0.2, 0.25) is 5.02 Å². The molecule has 0 saturated carbocycles. The minimum absolute atomic E-state index is 0.0556. The smallest absolute Gasteiger partial charge is 0.156 e. The lowest BCUT2D eigenvalue weighted by Gasteiger charge is -2.35. The van der Waals surface area contributed by atoms with Crippen LogP contribution in [-0.4, -0.2) is 61.5 Å². The van der Waals surface area contributed by atoms with Crippen LogP contribution in [0.4, 0.5) is 5.69 Å². The number of anilines is 1. The van der Waals surface area contributed by atoms with Crippen LogP contribution in [0.5, 0.6) is 5.75 Å². The zero-order valence-corrected chi connectivity index (χ0v) is 17.8. The van der Waals surface area contributed by atoms with Gasteiger partial charge in [-0.3, -0.25) is 14.6 Å². The summed E-state index contributed by atoms with van der Waals surface area (Å²) >= 11 is 6.16. The second-order valence-electron chi connectivity index (χ2n) is 7.97. The van der Waals surface area contributed by atoms with E-state index in [-0.39, 0.29) is 12.0 Å². The third-order valence-electron chi connectivity index (χ3n) is 6.01. The van der Waals surface area contributed by atoms with Gasteiger partial charge in [0.2, 0.25) is 0 Å². The normalized spacial score (nSPS) is 22.2. The van der Waals surface area contributed by atoms with Gasteiger partial charge in [0.25, 0.3) is 0 Å². The molecule has 0 bridgehead atoms. The van der Waals surface area contributed by atoms with Crippen LogP contribution < -0.4 is 10.1 Å². The van der Waals surface area contributed by atoms with Gasteiger partial charge < -0.3 is 10.1 Å². The summed E-state index contributed by atoms with van der Waals surface area (Å²) in [5.74, 6) is 1.12. The molecule has 0 aliphatic carbocycles. The Morgan fingerprint density at radius 1 is 1.14 bits per heavy atom. The second-order valence-corrected chi connectivity index (χ2v) is 8.41. The number of Topliss-reactive ketones (excluding diaryl/α,β-unsaturated/α-hetero) is 1. The third kappa shape index (κ3) is 4.42. The Morgan fingerprint density at radius 2 is 1.86 bits per heavy atom. The molecule has 4 rings (SSSR count). The van der Waals surface area contributed by atoms with Crippen LogP contribution >= 0.6 is 11.6 Å². The van der Waals surface area contributed by atoms with Crippen molar-refractivity contribution in [3.05, 3.63) is 58.6 Å². The average molecular weight is 414 g/mol. The summed E-state index contributed by atoms with van der Waals surface area (Å²) in [5, 5.41) is 4.17. The first-order valence-corrected chi connectivity index (χ1v) is 10.6. The molecule has 2 aromatic rings. The van der Waals surface area contributed by atoms with Crippen LogP contribution in [0.1, 0.15) is 24.0 Å². The molecular formula is C23H28ClN3O2. The number of ether oxygens (including phenoxy) is 1. The van der Waals surface area contributed by atoms with Crippen molar-refractivity contribution in [3.63, 3.8) is 0 Å². The standard InChI is InChI=1S/C23H28ClN3O2/c1-16-23(19-5-3-4-6-20(19)25-16)21(28)15-27-11-9-26(10-12-27)14-17-13-18(24)7-8-22(17)29-2/h3-8,13,16,23,25H,9-12,14-15H2,1-2H3. The molecule has 0 aromatic heterocycles. The van der Waals surface area contributed by atoms with Crippen molar-refractivity contribution < 1.29 is 9.53 Å². The van der Waals surface area contributed by atoms with Gasteiger partial charge in [-0.2, -0.15) is 0 Å². The number of hydrogen-bond donors (Lipinski definition) is 1. The SMILES string of the molecule is COc1ccc(Cl)cc1CN1CCN(CC(=O)C2c3ccccc3NC2C)CC1. The highest BCUT2D eigenvalue weighted by atomic mass is 35.5. The number of nitrogens with one attached hydrogen (secondary N) is 1. The van der Waals surface area contributed by atoms with Crippen molar-refractivity contribution in [2.24, 2.45) is 0 Å². The molecule has 2 aliphatic heterocycles. The maximum atomic E-state index is 13.1. The summed E-state index contributed by atoms with van der Waals surface area (Å²) in [7, 11) is 1.69. The van der Waals surface area contributed by atoms with Crippen molar-refractivity contribution in [2.45, 2.75) is 25.4 Å². The fraction of sp³-hybridized carbons (Fsp3) is 0.435. The fourth-order valence-corrected chi connectivity index (χ4v) is 4.68. The Bertz CT molecular complexity index is 880. The number of fused-ring (bicyclic) bond motifs is 1. The van der Waals surface area contributed by atoms with E-state index in [4.69, 9.17) is 16.3 Å². The predicted molar refractivity (Wildman–Crippen MR) is 117 cm³/mol. The summed E-state index contributed by atoms with van der Waals surface area (Å²) in [6.45, 7) is 7.06. The molecule has 2 aromatic carbocycles. The number of carbonyl (C=O) groups excluding carboxylic acids is 1. The first kappa shape index (κ1) is 20.2. The molecule has 5 nitrogen and oxygen atoms in total. The minimum atomic E-state index is -0.0556. The molecule has 0 amide bonds. The van der Waals surface area contributed by atoms with Gasteiger partial charge in [0.1, 0.15) is 5.75 Å². The summed E-state index contributed by atoms with van der Waals surface area (Å²) in [6, 6.07) is 14.1. The average Bonchev–Trinajstić information content (AvgIpc) is 3.05. The summed E-state index contributed by atoms with van der Waals surface area (Å²) < 4.78 is 5.47. The van der Waals surface area contributed by atoms with Crippen LogP contribution in [0.15, 0.2) is 42.5 Å². The third-order valence-corrected chi connectivity index (χ3v) is 6.24. The molecule has 0 spiro atoms. The Hall–Kier alpha value is -2.08. The van der Waals surface area contributed by atoms with Crippen LogP contribution in [0.3, 0.4) is 0 Å². The Balaban J connectivity index is 1.33. The van der Waals surface area contributed by atoms with E-state index in [2.05, 4.69) is 34.2 Å². The molecule has 29 heavy (non-hydrogen) atoms. The lowest BCUT2D eigenvalue weighted by atomic mass is 9.91. The van der Waals surface area contributed by atoms with Gasteiger partial charge in [0, 0.05) is 55.0 Å². The van der Waals surface area contributed by atoms with E-state index in [0.29, 0.717) is 12.3 Å². The monoisotopic (exact) mass is 413 g/mol. The van der Waals surface area contributed by atoms with E-state index in [1.165, 1.54) is 0 Å². The van der Waals surface area contributed by atoms with Gasteiger partial charge in [-0.1, -0.05) is 29.8 Å². The summed E-state index contributed by atoms with van der Waals surface area (Å²) in [6.07, 6.45) is 0. The number of benzene rings is 2. The summed E-state index contributed by atoms with van der Waals surface area (Å²) in [5.41, 5.74) is 3.34. The number of para-hydroxylation sites is 1. The van der Waals surface area contributed by atoms with Crippen LogP contribution in [-0.2, 0) is 11.3 Å². The Labute approximate surface area is 177 Å². The second kappa shape index (κ2) is 8.74. The predicted octanol–water partition coefficient (Wildman–Crippen LogP) is 3.63. The lowest BCUT2D eigenvalue weighted by molar-refractivity contribution is -0.122. The van der Waals surface area contributed by atoms with Gasteiger partial charge >= 0.3 is 0 Å². The molecule has 1 N–H and O–H groups in total. The summed E-state index contributed by atoms with van der Waals surface area (Å²) in [4.78, 5) is 17.7. The van der Waals surface area contributed by atoms with Gasteiger partial charge in [-0.15, -0.1) is 0 Å². The molecule has 0 radical (unpaired) electrons. The quantitative estimate of drug-likeness (QED) is 0.783. The number of halogens is 1. The molecule has 154 valence electrons. The Kier molecular flexibility index (Phi) is 6.09. The van der Waals surface area contributed by atoms with Crippen molar-refractivity contribution in [3.8, 4) is 5.75 Å². The van der Waals surface area contributed by atoms with E-state index in [0.717, 1.165) is 60.3 Å². The van der Waals surface area contributed by atoms with Gasteiger partial charge in [-0.25, -0.2) is 0 Å². The molecule has 2 heterocycles. The lowest BCUT2D eigenvalue weighted by Crippen LogP contribution is -2.48. The zero-order valence-electron chi connectivity index (χ0n) is 17.0. The number of hydrogen-bond acceptors (Lipinski definition) is 5. The number of nitrogens with zero attached hydrogens (tertiary/aromatic N) is 2. The van der Waals surface area contributed by atoms with E-state index in [1.54, 1.807) is 7.11 Å². The highest BCUT2D eigenvalue weighted by Gasteiger charge is 2.35. The first-order chi connectivity index (χ1) is 14.0. The van der Waals surface area contributed by atoms with Gasteiger partial charge in [-0.05, 0) is 36.8 Å². The number of rotatable bonds is 6. The van der Waals surface area contributed by atoms with Crippen molar-refractivity contribution in [1.29, 1.82) is 0 Å². The van der Waals surface area contributed by atoms with Gasteiger partial charge in [0.05, 0.1) is 19.6 Å². The maximum Gasteiger partial charge on any atom is 0.156 e. The van der Waals surface area contributed by atoms with E-state index < -0.39 is 0 Å². The van der Waals surface area contributed by atoms with E-state index in [1.807, 2.05) is 30.3 Å². The Morgan fingerprint density at radius 3 is 2.62 bits per heavy atom. The van der Waals surface area contributed by atoms with Crippen LogP contribution in [0.25, 0.3) is 0 Å².